The molecule has 0 saturated heterocycles. The Morgan fingerprint density at radius 3 is 2.46 bits per heavy atom. The number of carbonyl (C=O) groups excluding carboxylic acids is 1. The van der Waals surface area contributed by atoms with Crippen molar-refractivity contribution >= 4 is 5.91 Å². The first-order valence-electron chi connectivity index (χ1n) is 9.12. The molecule has 0 aliphatic heterocycles. The van der Waals surface area contributed by atoms with Gasteiger partial charge in [0.15, 0.2) is 5.69 Å². The normalized spacial score (nSPS) is 10.9. The predicted octanol–water partition coefficient (Wildman–Crippen LogP) is 3.68. The molecule has 0 radical (unpaired) electrons. The van der Waals surface area contributed by atoms with Crippen molar-refractivity contribution in [3.05, 3.63) is 71.3 Å². The second-order valence-corrected chi connectivity index (χ2v) is 6.94. The molecule has 0 aliphatic carbocycles. The van der Waals surface area contributed by atoms with Gasteiger partial charge >= 0.3 is 0 Å². The topological polar surface area (TPSA) is 69.0 Å². The highest BCUT2D eigenvalue weighted by molar-refractivity contribution is 5.93. The Hall–Kier alpha value is -3.22. The van der Waals surface area contributed by atoms with Crippen LogP contribution >= 0.6 is 0 Å². The average Bonchev–Trinajstić information content (AvgIpc) is 3.07. The maximum atomic E-state index is 13.1. The molecule has 0 unspecified atom stereocenters. The maximum Gasteiger partial charge on any atom is 0.274 e. The van der Waals surface area contributed by atoms with Gasteiger partial charge in [-0.05, 0) is 54.8 Å². The Kier molecular flexibility index (Phi) is 6.03. The highest BCUT2D eigenvalue weighted by Crippen LogP contribution is 2.15. The van der Waals surface area contributed by atoms with E-state index in [9.17, 15) is 9.18 Å². The zero-order chi connectivity index (χ0) is 20.1. The van der Waals surface area contributed by atoms with Crippen LogP contribution in [0.25, 0.3) is 5.69 Å². The number of benzene rings is 2. The van der Waals surface area contributed by atoms with E-state index in [-0.39, 0.29) is 17.4 Å². The molecule has 0 aliphatic rings. The molecular formula is C21H23FN4O2. The zero-order valence-electron chi connectivity index (χ0n) is 16.1. The molecule has 2 aromatic carbocycles. The van der Waals surface area contributed by atoms with Crippen LogP contribution in [0, 0.1) is 18.7 Å². The van der Waals surface area contributed by atoms with Gasteiger partial charge in [-0.3, -0.25) is 4.79 Å². The van der Waals surface area contributed by atoms with Crippen LogP contribution in [0.15, 0.2) is 48.5 Å². The lowest BCUT2D eigenvalue weighted by molar-refractivity contribution is 0.0945. The van der Waals surface area contributed by atoms with Crippen molar-refractivity contribution in [2.24, 2.45) is 5.92 Å². The largest absolute Gasteiger partial charge is 0.493 e. The number of halogens is 1. The summed E-state index contributed by atoms with van der Waals surface area (Å²) in [7, 11) is 0. The highest BCUT2D eigenvalue weighted by Gasteiger charge is 2.17. The minimum absolute atomic E-state index is 0.237. The van der Waals surface area contributed by atoms with Crippen molar-refractivity contribution in [1.82, 2.24) is 20.3 Å². The fourth-order valence-electron chi connectivity index (χ4n) is 2.60. The minimum Gasteiger partial charge on any atom is -0.493 e. The van der Waals surface area contributed by atoms with Crippen LogP contribution in [0.2, 0.25) is 0 Å². The van der Waals surface area contributed by atoms with E-state index in [2.05, 4.69) is 29.5 Å². The van der Waals surface area contributed by atoms with Gasteiger partial charge in [0, 0.05) is 6.54 Å². The van der Waals surface area contributed by atoms with Gasteiger partial charge in [-0.15, -0.1) is 5.10 Å². The summed E-state index contributed by atoms with van der Waals surface area (Å²) in [5.74, 6) is 0.624. The summed E-state index contributed by atoms with van der Waals surface area (Å²) in [6.07, 6.45) is 0. The average molecular weight is 382 g/mol. The van der Waals surface area contributed by atoms with E-state index in [1.54, 1.807) is 19.1 Å². The van der Waals surface area contributed by atoms with Crippen LogP contribution in [-0.4, -0.2) is 27.5 Å². The summed E-state index contributed by atoms with van der Waals surface area (Å²) in [5.41, 5.74) is 2.42. The molecule has 6 nitrogen and oxygen atoms in total. The van der Waals surface area contributed by atoms with Crippen molar-refractivity contribution in [3.63, 3.8) is 0 Å². The summed E-state index contributed by atoms with van der Waals surface area (Å²) < 4.78 is 20.2. The van der Waals surface area contributed by atoms with E-state index in [1.165, 1.54) is 16.8 Å². The van der Waals surface area contributed by atoms with Gasteiger partial charge in [-0.2, -0.15) is 0 Å². The molecule has 1 N–H and O–H groups in total. The fourth-order valence-corrected chi connectivity index (χ4v) is 2.60. The van der Waals surface area contributed by atoms with Crippen molar-refractivity contribution in [3.8, 4) is 11.4 Å². The lowest BCUT2D eigenvalue weighted by atomic mass is 10.2. The molecule has 0 fully saturated rings. The molecular weight excluding hydrogens is 359 g/mol. The van der Waals surface area contributed by atoms with Crippen molar-refractivity contribution in [2.75, 3.05) is 6.61 Å². The Balaban J connectivity index is 1.61. The summed E-state index contributed by atoms with van der Waals surface area (Å²) in [5, 5.41) is 10.8. The molecule has 1 aromatic heterocycles. The molecule has 28 heavy (non-hydrogen) atoms. The number of hydrogen-bond acceptors (Lipinski definition) is 4. The fraction of sp³-hybridized carbons (Fsp3) is 0.286. The monoisotopic (exact) mass is 382 g/mol. The van der Waals surface area contributed by atoms with E-state index in [4.69, 9.17) is 4.74 Å². The lowest BCUT2D eigenvalue weighted by Crippen LogP contribution is -2.24. The third-order valence-corrected chi connectivity index (χ3v) is 4.14. The van der Waals surface area contributed by atoms with Gasteiger partial charge in [0.05, 0.1) is 18.0 Å². The number of ether oxygens (including phenoxy) is 1. The van der Waals surface area contributed by atoms with E-state index >= 15 is 0 Å². The molecule has 0 atom stereocenters. The van der Waals surface area contributed by atoms with E-state index in [0.29, 0.717) is 30.5 Å². The van der Waals surface area contributed by atoms with Crippen molar-refractivity contribution in [1.29, 1.82) is 0 Å². The smallest absolute Gasteiger partial charge is 0.274 e. The van der Waals surface area contributed by atoms with Crippen LogP contribution in [0.1, 0.15) is 35.6 Å². The molecule has 0 bridgehead atoms. The van der Waals surface area contributed by atoms with Gasteiger partial charge in [0.25, 0.3) is 5.91 Å². The first-order chi connectivity index (χ1) is 13.4. The number of nitrogens with one attached hydrogen (secondary N) is 1. The van der Waals surface area contributed by atoms with Gasteiger partial charge in [-0.1, -0.05) is 31.2 Å². The van der Waals surface area contributed by atoms with Crippen LogP contribution in [0.4, 0.5) is 4.39 Å². The molecule has 3 aromatic rings. The first-order valence-corrected chi connectivity index (χ1v) is 9.12. The first kappa shape index (κ1) is 19.5. The quantitative estimate of drug-likeness (QED) is 0.677. The highest BCUT2D eigenvalue weighted by atomic mass is 19.1. The lowest BCUT2D eigenvalue weighted by Gasteiger charge is -2.09. The number of amides is 1. The van der Waals surface area contributed by atoms with E-state index in [0.717, 1.165) is 11.3 Å². The minimum atomic E-state index is -0.333. The standard InChI is InChI=1S/C21H23FN4O2/c1-14(2)13-28-19-10-4-16(5-11-19)12-23-21(27)20-15(3)26(25-24-20)18-8-6-17(22)7-9-18/h4-11,14H,12-13H2,1-3H3,(H,23,27). The van der Waals surface area contributed by atoms with Crippen LogP contribution in [-0.2, 0) is 6.54 Å². The van der Waals surface area contributed by atoms with Crippen LogP contribution in [0.5, 0.6) is 5.75 Å². The second-order valence-electron chi connectivity index (χ2n) is 6.94. The Bertz CT molecular complexity index is 934. The van der Waals surface area contributed by atoms with E-state index < -0.39 is 0 Å². The Labute approximate surface area is 163 Å². The molecule has 7 heteroatoms. The predicted molar refractivity (Wildman–Crippen MR) is 104 cm³/mol. The SMILES string of the molecule is Cc1c(C(=O)NCc2ccc(OCC(C)C)cc2)nnn1-c1ccc(F)cc1. The third-order valence-electron chi connectivity index (χ3n) is 4.14. The van der Waals surface area contributed by atoms with E-state index in [1.807, 2.05) is 24.3 Å². The summed E-state index contributed by atoms with van der Waals surface area (Å²) >= 11 is 0. The van der Waals surface area contributed by atoms with Crippen LogP contribution in [0.3, 0.4) is 0 Å². The maximum absolute atomic E-state index is 13.1. The molecule has 3 rings (SSSR count). The number of hydrogen-bond donors (Lipinski definition) is 1. The number of aromatic nitrogens is 3. The van der Waals surface area contributed by atoms with Crippen LogP contribution < -0.4 is 10.1 Å². The van der Waals surface area contributed by atoms with Crippen molar-refractivity contribution in [2.45, 2.75) is 27.3 Å². The van der Waals surface area contributed by atoms with Crippen molar-refractivity contribution < 1.29 is 13.9 Å². The number of nitrogens with zero attached hydrogens (tertiary/aromatic N) is 3. The Morgan fingerprint density at radius 2 is 1.82 bits per heavy atom. The van der Waals surface area contributed by atoms with Gasteiger partial charge in [0.1, 0.15) is 11.6 Å². The third kappa shape index (κ3) is 4.73. The molecule has 1 amide bonds. The summed E-state index contributed by atoms with van der Waals surface area (Å²) in [6.45, 7) is 6.97. The zero-order valence-corrected chi connectivity index (χ0v) is 16.1. The second kappa shape index (κ2) is 8.65. The Morgan fingerprint density at radius 1 is 1.14 bits per heavy atom. The van der Waals surface area contributed by atoms with Gasteiger partial charge in [-0.25, -0.2) is 9.07 Å². The molecule has 0 saturated carbocycles. The molecule has 0 spiro atoms. The van der Waals surface area contributed by atoms with Gasteiger partial charge in [0.2, 0.25) is 0 Å². The molecule has 146 valence electrons. The van der Waals surface area contributed by atoms with Gasteiger partial charge < -0.3 is 10.1 Å². The molecule has 1 heterocycles. The number of carbonyl (C=O) groups is 1. The summed E-state index contributed by atoms with van der Waals surface area (Å²) in [6, 6.07) is 13.5. The summed E-state index contributed by atoms with van der Waals surface area (Å²) in [4.78, 5) is 12.5. The number of rotatable bonds is 7.